The van der Waals surface area contributed by atoms with Crippen molar-refractivity contribution in [1.82, 2.24) is 0 Å². The minimum atomic E-state index is -0.347. The molecule has 1 rings (SSSR count). The molecule has 1 aliphatic rings. The van der Waals surface area contributed by atoms with E-state index >= 15 is 0 Å². The average Bonchev–Trinajstić information content (AvgIpc) is 2.46. The van der Waals surface area contributed by atoms with E-state index in [1.807, 2.05) is 6.92 Å². The van der Waals surface area contributed by atoms with Crippen molar-refractivity contribution >= 4 is 6.29 Å². The highest BCUT2D eigenvalue weighted by Crippen LogP contribution is 2.26. The van der Waals surface area contributed by atoms with E-state index in [0.717, 1.165) is 12.7 Å². The molecular formula is C5H8O2. The fourth-order valence-corrected chi connectivity index (χ4v) is 0.448. The lowest BCUT2D eigenvalue weighted by atomic mass is 10.1. The van der Waals surface area contributed by atoms with E-state index in [0.29, 0.717) is 6.61 Å². The Kier molecular flexibility index (Phi) is 0.889. The van der Waals surface area contributed by atoms with Crippen LogP contribution in [0.25, 0.3) is 0 Å². The molecule has 0 radical (unpaired) electrons. The minimum Gasteiger partial charge on any atom is -0.362 e. The predicted octanol–water partition coefficient (Wildman–Crippen LogP) is 0.364. The summed E-state index contributed by atoms with van der Waals surface area (Å²) in [5.41, 5.74) is -0.347. The van der Waals surface area contributed by atoms with Gasteiger partial charge < -0.3 is 9.53 Å². The molecule has 0 bridgehead atoms. The first-order chi connectivity index (χ1) is 3.33. The number of hydrogen-bond acceptors (Lipinski definition) is 2. The number of carbonyl (C=O) groups excluding carboxylic acids is 1. The highest BCUT2D eigenvalue weighted by atomic mass is 16.6. The van der Waals surface area contributed by atoms with Gasteiger partial charge in [-0.25, -0.2) is 0 Å². The summed E-state index contributed by atoms with van der Waals surface area (Å²) in [4.78, 5) is 10.00. The van der Waals surface area contributed by atoms with Gasteiger partial charge in [0.1, 0.15) is 5.60 Å². The first-order valence-electron chi connectivity index (χ1n) is 2.43. The van der Waals surface area contributed by atoms with Gasteiger partial charge in [-0.15, -0.1) is 0 Å². The number of rotatable bonds is 2. The summed E-state index contributed by atoms with van der Waals surface area (Å²) < 4.78 is 4.83. The highest BCUT2D eigenvalue weighted by molar-refractivity contribution is 5.65. The van der Waals surface area contributed by atoms with Gasteiger partial charge >= 0.3 is 0 Å². The Labute approximate surface area is 42.5 Å². The van der Waals surface area contributed by atoms with Crippen LogP contribution in [0.5, 0.6) is 0 Å². The normalized spacial score (nSPS) is 37.9. The smallest absolute Gasteiger partial charge is 0.154 e. The maximum atomic E-state index is 10.00. The third-order valence-electron chi connectivity index (χ3n) is 1.33. The van der Waals surface area contributed by atoms with E-state index < -0.39 is 0 Å². The zero-order valence-corrected chi connectivity index (χ0v) is 4.31. The van der Waals surface area contributed by atoms with E-state index in [9.17, 15) is 4.79 Å². The number of epoxide rings is 1. The van der Waals surface area contributed by atoms with Crippen LogP contribution in [-0.2, 0) is 9.53 Å². The van der Waals surface area contributed by atoms with Crippen molar-refractivity contribution in [3.8, 4) is 0 Å². The van der Waals surface area contributed by atoms with Crippen LogP contribution in [0.1, 0.15) is 13.3 Å². The molecule has 2 heteroatoms. The Morgan fingerprint density at radius 1 is 2.00 bits per heavy atom. The molecular weight excluding hydrogens is 92.1 g/mol. The maximum absolute atomic E-state index is 10.00. The molecule has 1 saturated heterocycles. The van der Waals surface area contributed by atoms with Crippen LogP contribution in [0.2, 0.25) is 0 Å². The summed E-state index contributed by atoms with van der Waals surface area (Å²) in [5.74, 6) is 0. The molecule has 40 valence electrons. The highest BCUT2D eigenvalue weighted by Gasteiger charge is 2.42. The fraction of sp³-hybridized carbons (Fsp3) is 0.800. The predicted molar refractivity (Wildman–Crippen MR) is 25.0 cm³/mol. The zero-order valence-electron chi connectivity index (χ0n) is 4.31. The van der Waals surface area contributed by atoms with Crippen LogP contribution >= 0.6 is 0 Å². The molecule has 0 N–H and O–H groups in total. The summed E-state index contributed by atoms with van der Waals surface area (Å²) in [6, 6.07) is 0. The SMILES string of the molecule is CCC1(C=O)CO1. The number of hydrogen-bond donors (Lipinski definition) is 0. The van der Waals surface area contributed by atoms with Crippen molar-refractivity contribution in [1.29, 1.82) is 0 Å². The van der Waals surface area contributed by atoms with E-state index in [2.05, 4.69) is 0 Å². The maximum Gasteiger partial charge on any atom is 0.154 e. The molecule has 0 amide bonds. The number of carbonyl (C=O) groups is 1. The first kappa shape index (κ1) is 4.78. The van der Waals surface area contributed by atoms with Crippen molar-refractivity contribution in [2.24, 2.45) is 0 Å². The van der Waals surface area contributed by atoms with Crippen LogP contribution in [0.4, 0.5) is 0 Å². The van der Waals surface area contributed by atoms with Gasteiger partial charge in [0.25, 0.3) is 0 Å². The van der Waals surface area contributed by atoms with Gasteiger partial charge in [0.05, 0.1) is 6.61 Å². The molecule has 1 fully saturated rings. The Hall–Kier alpha value is -0.370. The Morgan fingerprint density at radius 2 is 2.57 bits per heavy atom. The van der Waals surface area contributed by atoms with Gasteiger partial charge in [-0.3, -0.25) is 0 Å². The van der Waals surface area contributed by atoms with Crippen molar-refractivity contribution in [2.75, 3.05) is 6.61 Å². The lowest BCUT2D eigenvalue weighted by molar-refractivity contribution is -0.112. The second-order valence-electron chi connectivity index (χ2n) is 1.82. The van der Waals surface area contributed by atoms with Crippen LogP contribution in [0.15, 0.2) is 0 Å². The van der Waals surface area contributed by atoms with Crippen LogP contribution in [0.3, 0.4) is 0 Å². The molecule has 0 saturated carbocycles. The summed E-state index contributed by atoms with van der Waals surface area (Å²) in [7, 11) is 0. The molecule has 7 heavy (non-hydrogen) atoms. The van der Waals surface area contributed by atoms with E-state index in [1.54, 1.807) is 0 Å². The molecule has 0 aromatic carbocycles. The second-order valence-corrected chi connectivity index (χ2v) is 1.82. The molecule has 1 atom stereocenters. The topological polar surface area (TPSA) is 29.6 Å². The van der Waals surface area contributed by atoms with Gasteiger partial charge in [-0.05, 0) is 6.42 Å². The lowest BCUT2D eigenvalue weighted by Gasteiger charge is -1.91. The largest absolute Gasteiger partial charge is 0.362 e. The Bertz CT molecular complexity index is 84.1. The van der Waals surface area contributed by atoms with Crippen LogP contribution < -0.4 is 0 Å². The molecule has 1 heterocycles. The summed E-state index contributed by atoms with van der Waals surface area (Å²) in [6.07, 6.45) is 1.70. The van der Waals surface area contributed by atoms with Gasteiger partial charge in [-0.1, -0.05) is 6.92 Å². The van der Waals surface area contributed by atoms with Crippen molar-refractivity contribution in [3.63, 3.8) is 0 Å². The zero-order chi connectivity index (χ0) is 5.33. The number of ether oxygens (including phenoxy) is 1. The Morgan fingerprint density at radius 3 is 2.57 bits per heavy atom. The van der Waals surface area contributed by atoms with Gasteiger partial charge in [-0.2, -0.15) is 0 Å². The van der Waals surface area contributed by atoms with Gasteiger partial charge in [0, 0.05) is 0 Å². The van der Waals surface area contributed by atoms with Crippen molar-refractivity contribution in [2.45, 2.75) is 18.9 Å². The van der Waals surface area contributed by atoms with Crippen LogP contribution in [0, 0.1) is 0 Å². The van der Waals surface area contributed by atoms with Crippen LogP contribution in [-0.4, -0.2) is 18.5 Å². The Balaban J connectivity index is 2.42. The van der Waals surface area contributed by atoms with Crippen molar-refractivity contribution < 1.29 is 9.53 Å². The molecule has 1 aliphatic heterocycles. The summed E-state index contributed by atoms with van der Waals surface area (Å²) >= 11 is 0. The van der Waals surface area contributed by atoms with Gasteiger partial charge in [0.2, 0.25) is 0 Å². The molecule has 0 aliphatic carbocycles. The quantitative estimate of drug-likeness (QED) is 0.370. The van der Waals surface area contributed by atoms with E-state index in [4.69, 9.17) is 4.74 Å². The third-order valence-corrected chi connectivity index (χ3v) is 1.33. The fourth-order valence-electron chi connectivity index (χ4n) is 0.448. The second kappa shape index (κ2) is 1.30. The standard InChI is InChI=1S/C5H8O2/c1-2-5(3-6)4-7-5/h3H,2,4H2,1H3. The van der Waals surface area contributed by atoms with Crippen molar-refractivity contribution in [3.05, 3.63) is 0 Å². The van der Waals surface area contributed by atoms with Gasteiger partial charge in [0.15, 0.2) is 6.29 Å². The lowest BCUT2D eigenvalue weighted by Crippen LogP contribution is -2.09. The molecule has 1 unspecified atom stereocenters. The first-order valence-corrected chi connectivity index (χ1v) is 2.43. The molecule has 0 spiro atoms. The summed E-state index contributed by atoms with van der Waals surface area (Å²) in [5, 5.41) is 0. The van der Waals surface area contributed by atoms with E-state index in [-0.39, 0.29) is 5.60 Å². The monoisotopic (exact) mass is 100 g/mol. The van der Waals surface area contributed by atoms with E-state index in [1.165, 1.54) is 0 Å². The molecule has 0 aromatic heterocycles. The minimum absolute atomic E-state index is 0.347. The third kappa shape index (κ3) is 0.657. The molecule has 0 aromatic rings. The average molecular weight is 100 g/mol. The molecule has 2 nitrogen and oxygen atoms in total. The number of aldehydes is 1. The summed E-state index contributed by atoms with van der Waals surface area (Å²) in [6.45, 7) is 2.58.